The quantitative estimate of drug-likeness (QED) is 0.726. The number of carbonyl (C=O) groups is 2. The molecular formula is C20H21F2N3O4S. The Kier molecular flexibility index (Phi) is 6.18. The van der Waals surface area contributed by atoms with E-state index in [0.717, 1.165) is 23.8 Å². The van der Waals surface area contributed by atoms with E-state index in [9.17, 15) is 26.8 Å². The van der Waals surface area contributed by atoms with Crippen molar-refractivity contribution in [2.45, 2.75) is 37.6 Å². The molecule has 1 atom stereocenters. The Bertz CT molecular complexity index is 1110. The SMILES string of the molecule is CC(=O)N1c2ccc(S(=O)(=O)NCCC(=O)Nc3cc(F)ccc3F)cc2CC1C. The van der Waals surface area contributed by atoms with Crippen LogP contribution in [0.3, 0.4) is 0 Å². The number of benzene rings is 2. The molecule has 2 amide bonds. The van der Waals surface area contributed by atoms with E-state index in [2.05, 4.69) is 10.0 Å². The van der Waals surface area contributed by atoms with Crippen molar-refractivity contribution < 1.29 is 26.8 Å². The van der Waals surface area contributed by atoms with Crippen molar-refractivity contribution in [3.05, 3.63) is 53.6 Å². The summed E-state index contributed by atoms with van der Waals surface area (Å²) in [6.45, 7) is 3.12. The monoisotopic (exact) mass is 437 g/mol. The molecule has 3 rings (SSSR count). The number of anilines is 2. The van der Waals surface area contributed by atoms with Crippen LogP contribution in [0.2, 0.25) is 0 Å². The zero-order valence-electron chi connectivity index (χ0n) is 16.4. The summed E-state index contributed by atoms with van der Waals surface area (Å²) in [7, 11) is -3.89. The lowest BCUT2D eigenvalue weighted by atomic mass is 10.1. The molecule has 0 saturated heterocycles. The summed E-state index contributed by atoms with van der Waals surface area (Å²) in [4.78, 5) is 25.3. The standard InChI is InChI=1S/C20H21F2N3O4S/c1-12-9-14-10-16(4-6-19(14)25(12)13(2)26)30(28,29)23-8-7-20(27)24-18-11-15(21)3-5-17(18)22/h3-6,10-12,23H,7-9H2,1-2H3,(H,24,27). The van der Waals surface area contributed by atoms with Gasteiger partial charge in [-0.1, -0.05) is 0 Å². The molecule has 1 aliphatic heterocycles. The number of halogens is 2. The largest absolute Gasteiger partial charge is 0.323 e. The summed E-state index contributed by atoms with van der Waals surface area (Å²) < 4.78 is 54.1. The highest BCUT2D eigenvalue weighted by molar-refractivity contribution is 7.89. The Hall–Kier alpha value is -2.85. The minimum atomic E-state index is -3.89. The van der Waals surface area contributed by atoms with E-state index < -0.39 is 27.6 Å². The molecule has 0 fully saturated rings. The van der Waals surface area contributed by atoms with Crippen molar-refractivity contribution in [2.24, 2.45) is 0 Å². The average molecular weight is 437 g/mol. The number of nitrogens with one attached hydrogen (secondary N) is 2. The highest BCUT2D eigenvalue weighted by Gasteiger charge is 2.30. The molecule has 0 bridgehead atoms. The molecule has 1 unspecified atom stereocenters. The zero-order valence-corrected chi connectivity index (χ0v) is 17.2. The van der Waals surface area contributed by atoms with Gasteiger partial charge in [-0.05, 0) is 49.2 Å². The second kappa shape index (κ2) is 8.49. The van der Waals surface area contributed by atoms with Gasteiger partial charge in [0, 0.05) is 37.7 Å². The molecule has 30 heavy (non-hydrogen) atoms. The summed E-state index contributed by atoms with van der Waals surface area (Å²) in [5.41, 5.74) is 1.12. The van der Waals surface area contributed by atoms with Gasteiger partial charge in [0.1, 0.15) is 11.6 Å². The molecule has 2 N–H and O–H groups in total. The number of nitrogens with zero attached hydrogens (tertiary/aromatic N) is 1. The van der Waals surface area contributed by atoms with E-state index in [1.54, 1.807) is 11.0 Å². The maximum atomic E-state index is 13.6. The molecule has 0 radical (unpaired) electrons. The van der Waals surface area contributed by atoms with Crippen LogP contribution in [0.25, 0.3) is 0 Å². The molecule has 0 saturated carbocycles. The van der Waals surface area contributed by atoms with E-state index in [0.29, 0.717) is 12.1 Å². The minimum absolute atomic E-state index is 0.0236. The third-order valence-electron chi connectivity index (χ3n) is 4.76. The van der Waals surface area contributed by atoms with Crippen LogP contribution in [-0.2, 0) is 26.0 Å². The molecule has 1 aliphatic rings. The summed E-state index contributed by atoms with van der Waals surface area (Å²) in [5, 5.41) is 2.21. The summed E-state index contributed by atoms with van der Waals surface area (Å²) in [6.07, 6.45) is 0.273. The van der Waals surface area contributed by atoms with Gasteiger partial charge >= 0.3 is 0 Å². The Balaban J connectivity index is 1.62. The Morgan fingerprint density at radius 1 is 1.17 bits per heavy atom. The molecule has 0 aliphatic carbocycles. The average Bonchev–Trinajstić information content (AvgIpc) is 2.99. The van der Waals surface area contributed by atoms with Gasteiger partial charge in [0.05, 0.1) is 10.6 Å². The van der Waals surface area contributed by atoms with Crippen molar-refractivity contribution in [3.8, 4) is 0 Å². The fourth-order valence-corrected chi connectivity index (χ4v) is 4.52. The lowest BCUT2D eigenvalue weighted by Gasteiger charge is -2.20. The van der Waals surface area contributed by atoms with Crippen molar-refractivity contribution in [3.63, 3.8) is 0 Å². The van der Waals surface area contributed by atoms with Crippen LogP contribution in [0.5, 0.6) is 0 Å². The molecule has 0 aromatic heterocycles. The molecule has 10 heteroatoms. The number of hydrogen-bond acceptors (Lipinski definition) is 4. The zero-order chi connectivity index (χ0) is 22.1. The minimum Gasteiger partial charge on any atom is -0.323 e. The van der Waals surface area contributed by atoms with E-state index in [4.69, 9.17) is 0 Å². The third kappa shape index (κ3) is 4.65. The molecule has 2 aromatic carbocycles. The Labute approximate surface area is 173 Å². The number of carbonyl (C=O) groups excluding carboxylic acids is 2. The van der Waals surface area contributed by atoms with Crippen molar-refractivity contribution in [1.29, 1.82) is 0 Å². The Morgan fingerprint density at radius 2 is 1.90 bits per heavy atom. The van der Waals surface area contributed by atoms with Crippen LogP contribution in [0.4, 0.5) is 20.2 Å². The molecule has 0 spiro atoms. The van der Waals surface area contributed by atoms with Crippen LogP contribution in [-0.4, -0.2) is 32.8 Å². The van der Waals surface area contributed by atoms with Gasteiger partial charge in [0.25, 0.3) is 0 Å². The Morgan fingerprint density at radius 3 is 2.60 bits per heavy atom. The summed E-state index contributed by atoms with van der Waals surface area (Å²) >= 11 is 0. The highest BCUT2D eigenvalue weighted by atomic mass is 32.2. The highest BCUT2D eigenvalue weighted by Crippen LogP contribution is 2.33. The molecular weight excluding hydrogens is 416 g/mol. The first-order chi connectivity index (χ1) is 14.1. The van der Waals surface area contributed by atoms with Crippen LogP contribution in [0.1, 0.15) is 25.8 Å². The topological polar surface area (TPSA) is 95.6 Å². The van der Waals surface area contributed by atoms with Gasteiger partial charge in [-0.25, -0.2) is 21.9 Å². The number of hydrogen-bond donors (Lipinski definition) is 2. The predicted octanol–water partition coefficient (Wildman–Crippen LogP) is 2.57. The van der Waals surface area contributed by atoms with Gasteiger partial charge in [-0.15, -0.1) is 0 Å². The van der Waals surface area contributed by atoms with E-state index >= 15 is 0 Å². The molecule has 7 nitrogen and oxygen atoms in total. The van der Waals surface area contributed by atoms with Gasteiger partial charge in [0.2, 0.25) is 21.8 Å². The number of rotatable bonds is 6. The summed E-state index contributed by atoms with van der Waals surface area (Å²) in [5.74, 6) is -2.28. The maximum Gasteiger partial charge on any atom is 0.240 e. The van der Waals surface area contributed by atoms with Crippen molar-refractivity contribution in [2.75, 3.05) is 16.8 Å². The van der Waals surface area contributed by atoms with E-state index in [1.165, 1.54) is 19.1 Å². The van der Waals surface area contributed by atoms with E-state index in [-0.39, 0.29) is 35.5 Å². The second-order valence-electron chi connectivity index (χ2n) is 7.05. The molecule has 160 valence electrons. The molecule has 1 heterocycles. The van der Waals surface area contributed by atoms with Crippen LogP contribution < -0.4 is 14.9 Å². The van der Waals surface area contributed by atoms with Crippen LogP contribution in [0.15, 0.2) is 41.3 Å². The maximum absolute atomic E-state index is 13.6. The van der Waals surface area contributed by atoms with Gasteiger partial charge < -0.3 is 10.2 Å². The fourth-order valence-electron chi connectivity index (χ4n) is 3.44. The van der Waals surface area contributed by atoms with Crippen LogP contribution in [0, 0.1) is 11.6 Å². The second-order valence-corrected chi connectivity index (χ2v) is 8.82. The van der Waals surface area contributed by atoms with Gasteiger partial charge in [0.15, 0.2) is 0 Å². The first-order valence-corrected chi connectivity index (χ1v) is 10.7. The summed E-state index contributed by atoms with van der Waals surface area (Å²) in [6, 6.07) is 7.09. The fraction of sp³-hybridized carbons (Fsp3) is 0.300. The van der Waals surface area contributed by atoms with Gasteiger partial charge in [-0.3, -0.25) is 9.59 Å². The first kappa shape index (κ1) is 21.8. The normalized spacial score (nSPS) is 15.7. The number of sulfonamides is 1. The predicted molar refractivity (Wildman–Crippen MR) is 108 cm³/mol. The lowest BCUT2D eigenvalue weighted by molar-refractivity contribution is -0.117. The van der Waals surface area contributed by atoms with Gasteiger partial charge in [-0.2, -0.15) is 0 Å². The number of amides is 2. The van der Waals surface area contributed by atoms with Crippen LogP contribution >= 0.6 is 0 Å². The first-order valence-electron chi connectivity index (χ1n) is 9.26. The lowest BCUT2D eigenvalue weighted by Crippen LogP contribution is -2.33. The van der Waals surface area contributed by atoms with E-state index in [1.807, 2.05) is 6.92 Å². The molecule has 2 aromatic rings. The van der Waals surface area contributed by atoms with Crippen molar-refractivity contribution in [1.82, 2.24) is 4.72 Å². The number of fused-ring (bicyclic) bond motifs is 1. The third-order valence-corrected chi connectivity index (χ3v) is 6.22. The van der Waals surface area contributed by atoms with Crippen molar-refractivity contribution >= 4 is 33.2 Å². The smallest absolute Gasteiger partial charge is 0.240 e.